The van der Waals surface area contributed by atoms with Crippen LogP contribution in [-0.4, -0.2) is 20.7 Å². The quantitative estimate of drug-likeness (QED) is 0.754. The van der Waals surface area contributed by atoms with Crippen LogP contribution in [0.25, 0.3) is 16.7 Å². The molecule has 0 radical (unpaired) electrons. The Morgan fingerprint density at radius 1 is 1.39 bits per heavy atom. The molecule has 0 unspecified atom stereocenters. The second-order valence-electron chi connectivity index (χ2n) is 4.94. The minimum atomic E-state index is -0.289. The third kappa shape index (κ3) is 2.68. The van der Waals surface area contributed by atoms with E-state index in [9.17, 15) is 4.79 Å². The molecule has 2 aromatic heterocycles. The highest BCUT2D eigenvalue weighted by atomic mass is 16.1. The number of anilines is 1. The summed E-state index contributed by atoms with van der Waals surface area (Å²) in [6.45, 7) is 5.30. The van der Waals surface area contributed by atoms with E-state index in [1.54, 1.807) is 23.0 Å². The molecule has 0 aliphatic carbocycles. The van der Waals surface area contributed by atoms with Gasteiger partial charge in [0.05, 0.1) is 34.9 Å². The van der Waals surface area contributed by atoms with Crippen LogP contribution in [0.2, 0.25) is 0 Å². The van der Waals surface area contributed by atoms with Crippen molar-refractivity contribution in [2.24, 2.45) is 0 Å². The molecule has 0 atom stereocenters. The number of hydrogen-bond donors (Lipinski definition) is 1. The Balaban J connectivity index is 2.07. The van der Waals surface area contributed by atoms with Gasteiger partial charge in [-0.1, -0.05) is 6.58 Å². The Kier molecular flexibility index (Phi) is 3.61. The first kappa shape index (κ1) is 14.5. The van der Waals surface area contributed by atoms with Crippen LogP contribution in [0.3, 0.4) is 0 Å². The molecule has 112 valence electrons. The number of benzene rings is 1. The van der Waals surface area contributed by atoms with Crippen LogP contribution in [-0.2, 0) is 4.79 Å². The Labute approximate surface area is 132 Å². The van der Waals surface area contributed by atoms with Crippen molar-refractivity contribution < 1.29 is 4.79 Å². The molecule has 3 aromatic rings. The number of carbonyl (C=O) groups is 1. The maximum atomic E-state index is 11.4. The zero-order valence-electron chi connectivity index (χ0n) is 12.4. The zero-order valence-corrected chi connectivity index (χ0v) is 12.4. The highest BCUT2D eigenvalue weighted by Crippen LogP contribution is 2.23. The van der Waals surface area contributed by atoms with Crippen molar-refractivity contribution in [1.82, 2.24) is 14.8 Å². The molecular formula is C17H13N5O. The summed E-state index contributed by atoms with van der Waals surface area (Å²) < 4.78 is 1.71. The second kappa shape index (κ2) is 5.73. The van der Waals surface area contributed by atoms with Crippen molar-refractivity contribution in [3.63, 3.8) is 0 Å². The number of nitrogens with one attached hydrogen (secondary N) is 1. The first-order valence-corrected chi connectivity index (χ1v) is 6.91. The smallest absolute Gasteiger partial charge is 0.247 e. The van der Waals surface area contributed by atoms with Gasteiger partial charge in [-0.05, 0) is 43.3 Å². The van der Waals surface area contributed by atoms with Gasteiger partial charge >= 0.3 is 0 Å². The lowest BCUT2D eigenvalue weighted by atomic mass is 10.2. The number of amides is 1. The molecule has 1 N–H and O–H groups in total. The number of rotatable bonds is 3. The van der Waals surface area contributed by atoms with Crippen LogP contribution in [0.5, 0.6) is 0 Å². The normalized spacial score (nSPS) is 10.3. The number of nitriles is 1. The van der Waals surface area contributed by atoms with E-state index in [4.69, 9.17) is 5.26 Å². The van der Waals surface area contributed by atoms with Crippen LogP contribution < -0.4 is 5.32 Å². The predicted octanol–water partition coefficient (Wildman–Crippen LogP) is 2.73. The van der Waals surface area contributed by atoms with Gasteiger partial charge in [0.25, 0.3) is 0 Å². The average Bonchev–Trinajstić information content (AvgIpc) is 2.91. The van der Waals surface area contributed by atoms with Crippen molar-refractivity contribution in [2.45, 2.75) is 6.92 Å². The summed E-state index contributed by atoms with van der Waals surface area (Å²) in [7, 11) is 0. The van der Waals surface area contributed by atoms with Gasteiger partial charge in [-0.15, -0.1) is 0 Å². The molecule has 6 nitrogen and oxygen atoms in total. The van der Waals surface area contributed by atoms with E-state index in [2.05, 4.69) is 28.0 Å². The van der Waals surface area contributed by atoms with E-state index in [0.29, 0.717) is 16.9 Å². The van der Waals surface area contributed by atoms with Crippen molar-refractivity contribution in [3.05, 3.63) is 60.4 Å². The topological polar surface area (TPSA) is 83.6 Å². The minimum Gasteiger partial charge on any atom is -0.321 e. The molecule has 23 heavy (non-hydrogen) atoms. The fourth-order valence-corrected chi connectivity index (χ4v) is 2.26. The molecule has 0 fully saturated rings. The van der Waals surface area contributed by atoms with E-state index in [1.165, 1.54) is 6.08 Å². The fraction of sp³-hybridized carbons (Fsp3) is 0.0588. The van der Waals surface area contributed by atoms with Crippen molar-refractivity contribution in [1.29, 1.82) is 5.26 Å². The summed E-state index contributed by atoms with van der Waals surface area (Å²) in [6.07, 6.45) is 2.78. The van der Waals surface area contributed by atoms with Gasteiger partial charge in [0.1, 0.15) is 0 Å². The van der Waals surface area contributed by atoms with Gasteiger partial charge in [0.15, 0.2) is 5.65 Å². The summed E-state index contributed by atoms with van der Waals surface area (Å²) >= 11 is 0. The molecular weight excluding hydrogens is 290 g/mol. The van der Waals surface area contributed by atoms with Gasteiger partial charge in [-0.2, -0.15) is 10.4 Å². The van der Waals surface area contributed by atoms with Gasteiger partial charge in [0.2, 0.25) is 5.91 Å². The minimum absolute atomic E-state index is 0.289. The summed E-state index contributed by atoms with van der Waals surface area (Å²) in [5, 5.41) is 16.9. The summed E-state index contributed by atoms with van der Waals surface area (Å²) in [5.41, 5.74) is 3.47. The Morgan fingerprint density at radius 2 is 2.13 bits per heavy atom. The maximum absolute atomic E-state index is 11.4. The summed E-state index contributed by atoms with van der Waals surface area (Å²) in [4.78, 5) is 15.8. The molecule has 0 saturated heterocycles. The van der Waals surface area contributed by atoms with Gasteiger partial charge in [-0.25, -0.2) is 9.67 Å². The average molecular weight is 303 g/mol. The number of aromatic nitrogens is 3. The Hall–Kier alpha value is -3.46. The first-order chi connectivity index (χ1) is 11.1. The zero-order chi connectivity index (χ0) is 16.4. The first-order valence-electron chi connectivity index (χ1n) is 6.91. The number of nitrogens with zero attached hydrogens (tertiary/aromatic N) is 4. The molecule has 0 bridgehead atoms. The fourth-order valence-electron chi connectivity index (χ4n) is 2.26. The largest absolute Gasteiger partial charge is 0.321 e. The molecule has 0 aliphatic rings. The summed E-state index contributed by atoms with van der Waals surface area (Å²) in [6, 6.07) is 11.0. The molecule has 6 heteroatoms. The molecule has 1 aromatic carbocycles. The molecule has 2 heterocycles. The van der Waals surface area contributed by atoms with Gasteiger partial charge in [0, 0.05) is 5.39 Å². The van der Waals surface area contributed by atoms with E-state index >= 15 is 0 Å². The monoisotopic (exact) mass is 303 g/mol. The lowest BCUT2D eigenvalue weighted by Gasteiger charge is -2.04. The Bertz CT molecular complexity index is 948. The number of hydrogen-bond acceptors (Lipinski definition) is 4. The number of pyridine rings is 1. The number of fused-ring (bicyclic) bond motifs is 1. The lowest BCUT2D eigenvalue weighted by molar-refractivity contribution is -0.111. The molecule has 0 spiro atoms. The molecule has 1 amide bonds. The third-order valence-corrected chi connectivity index (χ3v) is 3.40. The second-order valence-corrected chi connectivity index (χ2v) is 4.94. The highest BCUT2D eigenvalue weighted by molar-refractivity contribution is 6.00. The van der Waals surface area contributed by atoms with E-state index in [-0.39, 0.29) is 5.91 Å². The van der Waals surface area contributed by atoms with Crippen molar-refractivity contribution in [3.8, 4) is 11.8 Å². The third-order valence-electron chi connectivity index (χ3n) is 3.40. The van der Waals surface area contributed by atoms with Gasteiger partial charge in [-0.3, -0.25) is 4.79 Å². The molecule has 0 saturated carbocycles. The molecule has 3 rings (SSSR count). The van der Waals surface area contributed by atoms with E-state index in [0.717, 1.165) is 16.8 Å². The lowest BCUT2D eigenvalue weighted by Crippen LogP contribution is -2.07. The van der Waals surface area contributed by atoms with Crippen LogP contribution in [0.15, 0.2) is 49.2 Å². The molecule has 0 aliphatic heterocycles. The number of aryl methyl sites for hydroxylation is 1. The Morgan fingerprint density at radius 3 is 2.78 bits per heavy atom. The SMILES string of the molecule is C=CC(=O)Nc1cnc2c(c1)c(C)nn2-c1ccc(C#N)cc1. The van der Waals surface area contributed by atoms with Crippen molar-refractivity contribution >= 4 is 22.6 Å². The van der Waals surface area contributed by atoms with Crippen molar-refractivity contribution in [2.75, 3.05) is 5.32 Å². The standard InChI is InChI=1S/C17H13N5O/c1-3-16(23)20-13-8-15-11(2)21-22(17(15)19-10-13)14-6-4-12(9-18)5-7-14/h3-8,10H,1H2,2H3,(H,20,23). The van der Waals surface area contributed by atoms with Crippen LogP contribution >= 0.6 is 0 Å². The summed E-state index contributed by atoms with van der Waals surface area (Å²) in [5.74, 6) is -0.289. The van der Waals surface area contributed by atoms with Crippen LogP contribution in [0.1, 0.15) is 11.3 Å². The van der Waals surface area contributed by atoms with Gasteiger partial charge < -0.3 is 5.32 Å². The van der Waals surface area contributed by atoms with Crippen LogP contribution in [0, 0.1) is 18.3 Å². The predicted molar refractivity (Wildman–Crippen MR) is 87.1 cm³/mol. The van der Waals surface area contributed by atoms with Crippen LogP contribution in [0.4, 0.5) is 5.69 Å². The highest BCUT2D eigenvalue weighted by Gasteiger charge is 2.11. The van der Waals surface area contributed by atoms with E-state index < -0.39 is 0 Å². The van der Waals surface area contributed by atoms with E-state index in [1.807, 2.05) is 25.1 Å². The maximum Gasteiger partial charge on any atom is 0.247 e. The number of carbonyl (C=O) groups excluding carboxylic acids is 1.